The van der Waals surface area contributed by atoms with Gasteiger partial charge in [-0.15, -0.1) is 4.40 Å². The van der Waals surface area contributed by atoms with E-state index >= 15 is 0 Å². The number of nitrogens with one attached hydrogen (secondary N) is 1. The number of methoxy groups -OCH3 is 1. The van der Waals surface area contributed by atoms with Gasteiger partial charge in [0, 0.05) is 18.7 Å². The van der Waals surface area contributed by atoms with Gasteiger partial charge in [-0.2, -0.15) is 8.42 Å². The number of amides is 1. The van der Waals surface area contributed by atoms with Gasteiger partial charge in [-0.05, 0) is 49.6 Å². The Bertz CT molecular complexity index is 1150. The van der Waals surface area contributed by atoms with Gasteiger partial charge in [0.05, 0.1) is 19.1 Å². The summed E-state index contributed by atoms with van der Waals surface area (Å²) in [6.45, 7) is 2.80. The van der Waals surface area contributed by atoms with E-state index < -0.39 is 15.8 Å². The van der Waals surface area contributed by atoms with Crippen molar-refractivity contribution in [3.05, 3.63) is 59.4 Å². The molecule has 0 saturated carbocycles. The molecule has 2 aromatic carbocycles. The molecule has 2 aromatic rings. The summed E-state index contributed by atoms with van der Waals surface area (Å²) < 4.78 is 47.6. The average Bonchev–Trinajstić information content (AvgIpc) is 3.05. The number of nitrogens with zero attached hydrogens (tertiary/aromatic N) is 2. The van der Waals surface area contributed by atoms with Gasteiger partial charge >= 0.3 is 0 Å². The number of halogens is 1. The first-order chi connectivity index (χ1) is 14.8. The highest BCUT2D eigenvalue weighted by atomic mass is 32.2. The summed E-state index contributed by atoms with van der Waals surface area (Å²) in [6, 6.07) is 11.0. The number of carbonyl (C=O) groups is 1. The van der Waals surface area contributed by atoms with Gasteiger partial charge in [-0.1, -0.05) is 18.2 Å². The molecule has 7 nitrogen and oxygen atoms in total. The number of hydrogen-bond donors (Lipinski definition) is 1. The standard InChI is InChI=1S/C22H24FN3O4S/c1-14(15-9-10-19(30-2)18(23)12-15)24-22(27)16-6-5-11-26(13-16)21-17-7-3-4-8-20(17)31(28,29)25-21/h3-4,7-10,12,14,16H,5-6,11,13H2,1-2H3,(H,24,27). The number of ether oxygens (including phenoxy) is 1. The van der Waals surface area contributed by atoms with E-state index in [0.717, 1.165) is 6.42 Å². The number of benzene rings is 2. The predicted octanol–water partition coefficient (Wildman–Crippen LogP) is 2.87. The summed E-state index contributed by atoms with van der Waals surface area (Å²) in [7, 11) is -2.31. The molecule has 1 saturated heterocycles. The first kappa shape index (κ1) is 21.3. The third kappa shape index (κ3) is 4.14. The van der Waals surface area contributed by atoms with Crippen LogP contribution in [0.1, 0.15) is 36.9 Å². The van der Waals surface area contributed by atoms with Crippen molar-refractivity contribution in [2.24, 2.45) is 10.3 Å². The summed E-state index contributed by atoms with van der Waals surface area (Å²) in [5.74, 6) is -0.402. The first-order valence-electron chi connectivity index (χ1n) is 10.1. The molecule has 4 rings (SSSR count). The molecule has 0 aliphatic carbocycles. The molecule has 9 heteroatoms. The van der Waals surface area contributed by atoms with Crippen LogP contribution in [-0.4, -0.2) is 45.3 Å². The highest BCUT2D eigenvalue weighted by Gasteiger charge is 2.35. The minimum absolute atomic E-state index is 0.150. The van der Waals surface area contributed by atoms with Crippen LogP contribution in [0, 0.1) is 11.7 Å². The van der Waals surface area contributed by atoms with Crippen molar-refractivity contribution in [3.63, 3.8) is 0 Å². The Morgan fingerprint density at radius 3 is 2.81 bits per heavy atom. The van der Waals surface area contributed by atoms with Crippen molar-refractivity contribution >= 4 is 21.8 Å². The maximum atomic E-state index is 14.0. The van der Waals surface area contributed by atoms with Gasteiger partial charge in [0.25, 0.3) is 10.0 Å². The molecular formula is C22H24FN3O4S. The van der Waals surface area contributed by atoms with Crippen LogP contribution in [0.15, 0.2) is 51.8 Å². The second-order valence-corrected chi connectivity index (χ2v) is 9.37. The van der Waals surface area contributed by atoms with Crippen molar-refractivity contribution < 1.29 is 22.3 Å². The molecule has 2 aliphatic rings. The smallest absolute Gasteiger partial charge is 0.285 e. The van der Waals surface area contributed by atoms with Crippen LogP contribution in [0.2, 0.25) is 0 Å². The Kier molecular flexibility index (Phi) is 5.70. The minimum atomic E-state index is -3.71. The first-order valence-corrected chi connectivity index (χ1v) is 11.6. The Morgan fingerprint density at radius 1 is 1.29 bits per heavy atom. The molecule has 164 valence electrons. The highest BCUT2D eigenvalue weighted by molar-refractivity contribution is 7.90. The zero-order valence-electron chi connectivity index (χ0n) is 17.3. The van der Waals surface area contributed by atoms with Gasteiger partial charge in [0.2, 0.25) is 5.91 Å². The third-order valence-corrected chi connectivity index (χ3v) is 7.06. The minimum Gasteiger partial charge on any atom is -0.494 e. The molecule has 0 aromatic heterocycles. The summed E-state index contributed by atoms with van der Waals surface area (Å²) in [6.07, 6.45) is 1.43. The molecule has 2 unspecified atom stereocenters. The van der Waals surface area contributed by atoms with E-state index in [0.29, 0.717) is 36.5 Å². The topological polar surface area (TPSA) is 88.1 Å². The number of hydrogen-bond acceptors (Lipinski definition) is 5. The van der Waals surface area contributed by atoms with E-state index in [9.17, 15) is 17.6 Å². The van der Waals surface area contributed by atoms with Crippen LogP contribution < -0.4 is 10.1 Å². The molecule has 1 fully saturated rings. The molecule has 2 aliphatic heterocycles. The average molecular weight is 446 g/mol. The number of rotatable bonds is 4. The van der Waals surface area contributed by atoms with Crippen LogP contribution >= 0.6 is 0 Å². The summed E-state index contributed by atoms with van der Waals surface area (Å²) in [4.78, 5) is 15.0. The number of sulfonamides is 1. The third-order valence-electron chi connectivity index (χ3n) is 5.74. The maximum absolute atomic E-state index is 14.0. The normalized spacial score (nSPS) is 20.5. The maximum Gasteiger partial charge on any atom is 0.285 e. The molecule has 1 N–H and O–H groups in total. The number of fused-ring (bicyclic) bond motifs is 1. The van der Waals surface area contributed by atoms with E-state index in [1.54, 1.807) is 37.3 Å². The molecular weight excluding hydrogens is 421 g/mol. The number of piperidine rings is 1. The van der Waals surface area contributed by atoms with E-state index in [1.165, 1.54) is 19.2 Å². The fraction of sp³-hybridized carbons (Fsp3) is 0.364. The predicted molar refractivity (Wildman–Crippen MR) is 114 cm³/mol. The van der Waals surface area contributed by atoms with Crippen LogP contribution in [0.3, 0.4) is 0 Å². The molecule has 0 radical (unpaired) electrons. The fourth-order valence-corrected chi connectivity index (χ4v) is 5.29. The monoisotopic (exact) mass is 445 g/mol. The molecule has 2 heterocycles. The van der Waals surface area contributed by atoms with E-state index in [-0.39, 0.29) is 28.5 Å². The van der Waals surface area contributed by atoms with Gasteiger partial charge in [-0.25, -0.2) is 4.39 Å². The van der Waals surface area contributed by atoms with Gasteiger partial charge in [-0.3, -0.25) is 4.79 Å². The quantitative estimate of drug-likeness (QED) is 0.782. The Labute approximate surface area is 181 Å². The number of likely N-dealkylation sites (tertiary alicyclic amines) is 1. The van der Waals surface area contributed by atoms with Crippen LogP contribution in [0.4, 0.5) is 4.39 Å². The van der Waals surface area contributed by atoms with Crippen molar-refractivity contribution in [2.45, 2.75) is 30.7 Å². The highest BCUT2D eigenvalue weighted by Crippen LogP contribution is 2.30. The van der Waals surface area contributed by atoms with Crippen molar-refractivity contribution in [1.29, 1.82) is 0 Å². The molecule has 0 spiro atoms. The van der Waals surface area contributed by atoms with Crippen molar-refractivity contribution in [1.82, 2.24) is 10.2 Å². The second kappa shape index (κ2) is 8.30. The molecule has 2 atom stereocenters. The lowest BCUT2D eigenvalue weighted by atomic mass is 9.95. The van der Waals surface area contributed by atoms with Gasteiger partial charge in [0.15, 0.2) is 17.4 Å². The Balaban J connectivity index is 1.47. The van der Waals surface area contributed by atoms with Gasteiger partial charge < -0.3 is 15.0 Å². The van der Waals surface area contributed by atoms with Gasteiger partial charge in [0.1, 0.15) is 4.90 Å². The zero-order chi connectivity index (χ0) is 22.2. The summed E-state index contributed by atoms with van der Waals surface area (Å²) in [5.41, 5.74) is 1.21. The summed E-state index contributed by atoms with van der Waals surface area (Å²) in [5, 5.41) is 2.95. The van der Waals surface area contributed by atoms with Crippen LogP contribution in [0.5, 0.6) is 5.75 Å². The molecule has 31 heavy (non-hydrogen) atoms. The Hall–Kier alpha value is -2.94. The fourth-order valence-electron chi connectivity index (χ4n) is 4.07. The number of carbonyl (C=O) groups excluding carboxylic acids is 1. The van der Waals surface area contributed by atoms with E-state index in [2.05, 4.69) is 9.71 Å². The van der Waals surface area contributed by atoms with Crippen molar-refractivity contribution in [2.75, 3.05) is 20.2 Å². The number of amidine groups is 1. The molecule has 1 amide bonds. The largest absolute Gasteiger partial charge is 0.494 e. The van der Waals surface area contributed by atoms with Crippen LogP contribution in [-0.2, 0) is 14.8 Å². The lowest BCUT2D eigenvalue weighted by Crippen LogP contribution is -2.45. The second-order valence-electron chi connectivity index (χ2n) is 7.80. The van der Waals surface area contributed by atoms with Crippen molar-refractivity contribution in [3.8, 4) is 5.75 Å². The van der Waals surface area contributed by atoms with Crippen LogP contribution in [0.25, 0.3) is 0 Å². The van der Waals surface area contributed by atoms with E-state index in [4.69, 9.17) is 4.74 Å². The molecule has 0 bridgehead atoms. The summed E-state index contributed by atoms with van der Waals surface area (Å²) >= 11 is 0. The lowest BCUT2D eigenvalue weighted by molar-refractivity contribution is -0.126. The zero-order valence-corrected chi connectivity index (χ0v) is 18.2. The lowest BCUT2D eigenvalue weighted by Gasteiger charge is -2.34. The van der Waals surface area contributed by atoms with E-state index in [1.807, 2.05) is 4.90 Å². The Morgan fingerprint density at radius 2 is 2.06 bits per heavy atom. The SMILES string of the molecule is COc1ccc(C(C)NC(=O)C2CCCN(C3=NS(=O)(=O)c4ccccc43)C2)cc1F.